The van der Waals surface area contributed by atoms with Crippen LogP contribution in [0, 0.1) is 5.92 Å². The number of amides is 1. The lowest BCUT2D eigenvalue weighted by Crippen LogP contribution is -2.37. The monoisotopic (exact) mass is 428 g/mol. The van der Waals surface area contributed by atoms with E-state index in [9.17, 15) is 13.2 Å². The highest BCUT2D eigenvalue weighted by Gasteiger charge is 2.24. The van der Waals surface area contributed by atoms with Crippen molar-refractivity contribution >= 4 is 27.7 Å². The van der Waals surface area contributed by atoms with E-state index in [0.717, 1.165) is 49.7 Å². The number of alkyl halides is 1. The van der Waals surface area contributed by atoms with Crippen LogP contribution in [-0.4, -0.2) is 54.7 Å². The molecule has 1 aromatic carbocycles. The first-order chi connectivity index (χ1) is 13.2. The second kappa shape index (κ2) is 9.01. The van der Waals surface area contributed by atoms with Crippen molar-refractivity contribution in [2.24, 2.45) is 5.92 Å². The lowest BCUT2D eigenvalue weighted by atomic mass is 9.90. The highest BCUT2D eigenvalue weighted by Crippen LogP contribution is 2.32. The van der Waals surface area contributed by atoms with Crippen LogP contribution in [0.4, 0.5) is 4.79 Å². The number of hydrogen-bond acceptors (Lipinski definition) is 3. The molecule has 0 radical (unpaired) electrons. The highest BCUT2D eigenvalue weighted by molar-refractivity contribution is 7.88. The molecule has 0 saturated carbocycles. The van der Waals surface area contributed by atoms with Crippen LogP contribution >= 0.6 is 11.6 Å². The molecule has 28 heavy (non-hydrogen) atoms. The molecule has 1 N–H and O–H groups in total. The third-order valence-corrected chi connectivity index (χ3v) is 7.71. The van der Waals surface area contributed by atoms with Crippen molar-refractivity contribution in [1.29, 1.82) is 0 Å². The first kappa shape index (κ1) is 21.4. The van der Waals surface area contributed by atoms with Gasteiger partial charge < -0.3 is 10.0 Å². The molecule has 0 bridgehead atoms. The minimum atomic E-state index is -3.15. The smallest absolute Gasteiger partial charge is 0.407 e. The molecule has 1 fully saturated rings. The average molecular weight is 429 g/mol. The molecule has 0 aromatic heterocycles. The summed E-state index contributed by atoms with van der Waals surface area (Å²) in [5.41, 5.74) is 3.37. The summed E-state index contributed by atoms with van der Waals surface area (Å²) in [5.74, 6) is 0.588. The number of rotatable bonds is 6. The molecule has 2 aliphatic heterocycles. The summed E-state index contributed by atoms with van der Waals surface area (Å²) in [7, 11) is -3.15. The van der Waals surface area contributed by atoms with Crippen LogP contribution in [-0.2, 0) is 23.0 Å². The first-order valence-corrected chi connectivity index (χ1v) is 12.2. The molecule has 8 heteroatoms. The van der Waals surface area contributed by atoms with Gasteiger partial charge in [-0.25, -0.2) is 13.2 Å². The molecule has 3 rings (SSSR count). The van der Waals surface area contributed by atoms with Gasteiger partial charge >= 0.3 is 6.09 Å². The second-order valence-electron chi connectivity index (χ2n) is 7.99. The van der Waals surface area contributed by atoms with E-state index in [1.165, 1.54) is 21.0 Å². The van der Waals surface area contributed by atoms with E-state index in [1.54, 1.807) is 0 Å². The SMILES string of the molecule is CS(=O)(=O)N1CCc2cc(C(Cl)CCCC3CCN(C(=O)O)CC3)ccc2C1. The number of sulfonamides is 1. The Morgan fingerprint density at radius 3 is 2.61 bits per heavy atom. The minimum absolute atomic E-state index is 0.0441. The number of hydrogen-bond donors (Lipinski definition) is 1. The van der Waals surface area contributed by atoms with E-state index >= 15 is 0 Å². The zero-order valence-corrected chi connectivity index (χ0v) is 17.9. The molecule has 1 amide bonds. The Morgan fingerprint density at radius 1 is 1.25 bits per heavy atom. The lowest BCUT2D eigenvalue weighted by Gasteiger charge is -2.30. The zero-order chi connectivity index (χ0) is 20.3. The van der Waals surface area contributed by atoms with Crippen LogP contribution in [0.2, 0.25) is 0 Å². The number of nitrogens with zero attached hydrogens (tertiary/aromatic N) is 2. The van der Waals surface area contributed by atoms with Crippen LogP contribution in [0.5, 0.6) is 0 Å². The van der Waals surface area contributed by atoms with Gasteiger partial charge in [0.25, 0.3) is 0 Å². The fourth-order valence-corrected chi connectivity index (χ4v) is 5.28. The van der Waals surface area contributed by atoms with Crippen molar-refractivity contribution in [2.45, 2.75) is 50.4 Å². The number of piperidine rings is 1. The van der Waals surface area contributed by atoms with Crippen molar-refractivity contribution in [3.05, 3.63) is 34.9 Å². The van der Waals surface area contributed by atoms with Crippen LogP contribution in [0.15, 0.2) is 18.2 Å². The van der Waals surface area contributed by atoms with Gasteiger partial charge in [0, 0.05) is 26.2 Å². The van der Waals surface area contributed by atoms with Gasteiger partial charge in [-0.05, 0) is 48.3 Å². The molecule has 1 atom stereocenters. The largest absolute Gasteiger partial charge is 0.465 e. The lowest BCUT2D eigenvalue weighted by molar-refractivity contribution is 0.122. The predicted molar refractivity (Wildman–Crippen MR) is 110 cm³/mol. The molecule has 2 heterocycles. The van der Waals surface area contributed by atoms with Crippen LogP contribution in [0.3, 0.4) is 0 Å². The Hall–Kier alpha value is -1.31. The number of carboxylic acid groups (broad SMARTS) is 1. The van der Waals surface area contributed by atoms with Gasteiger partial charge in [0.2, 0.25) is 10.0 Å². The summed E-state index contributed by atoms with van der Waals surface area (Å²) >= 11 is 6.64. The average Bonchev–Trinajstić information content (AvgIpc) is 2.66. The third kappa shape index (κ3) is 5.39. The zero-order valence-electron chi connectivity index (χ0n) is 16.3. The maximum atomic E-state index is 11.7. The third-order valence-electron chi connectivity index (χ3n) is 5.99. The fourth-order valence-electron chi connectivity index (χ4n) is 4.19. The summed E-state index contributed by atoms with van der Waals surface area (Å²) in [6.07, 6.45) is 6.06. The standard InChI is InChI=1S/C20H29ClN2O4S/c1-28(26,27)23-12-9-16-13-17(5-6-18(16)14-23)19(21)4-2-3-15-7-10-22(11-8-15)20(24)25/h5-6,13,15,19H,2-4,7-12,14H2,1H3,(H,24,25). The fraction of sp³-hybridized carbons (Fsp3) is 0.650. The van der Waals surface area contributed by atoms with Crippen LogP contribution in [0.25, 0.3) is 0 Å². The topological polar surface area (TPSA) is 77.9 Å². The van der Waals surface area contributed by atoms with Crippen molar-refractivity contribution < 1.29 is 18.3 Å². The highest BCUT2D eigenvalue weighted by atomic mass is 35.5. The van der Waals surface area contributed by atoms with Crippen molar-refractivity contribution in [3.63, 3.8) is 0 Å². The number of fused-ring (bicyclic) bond motifs is 1. The minimum Gasteiger partial charge on any atom is -0.465 e. The number of carbonyl (C=O) groups is 1. The van der Waals surface area contributed by atoms with E-state index < -0.39 is 16.1 Å². The number of likely N-dealkylation sites (tertiary alicyclic amines) is 1. The molecule has 156 valence electrons. The maximum absolute atomic E-state index is 11.7. The number of benzene rings is 1. The second-order valence-corrected chi connectivity index (χ2v) is 10.5. The number of halogens is 1. The molecule has 1 saturated heterocycles. The van der Waals surface area contributed by atoms with E-state index in [-0.39, 0.29) is 5.38 Å². The summed E-state index contributed by atoms with van der Waals surface area (Å²) in [6.45, 7) is 2.24. The Labute approximate surface area is 172 Å². The predicted octanol–water partition coefficient (Wildman–Crippen LogP) is 3.84. The Kier molecular flexibility index (Phi) is 6.89. The first-order valence-electron chi connectivity index (χ1n) is 9.93. The Bertz CT molecular complexity index is 806. The maximum Gasteiger partial charge on any atom is 0.407 e. The summed E-state index contributed by atoms with van der Waals surface area (Å²) < 4.78 is 25.0. The normalized spacial score (nSPS) is 20.0. The van der Waals surface area contributed by atoms with Gasteiger partial charge in [-0.2, -0.15) is 4.31 Å². The van der Waals surface area contributed by atoms with E-state index in [4.69, 9.17) is 16.7 Å². The van der Waals surface area contributed by atoms with E-state index in [2.05, 4.69) is 6.07 Å². The van der Waals surface area contributed by atoms with Crippen molar-refractivity contribution in [2.75, 3.05) is 25.9 Å². The van der Waals surface area contributed by atoms with Crippen molar-refractivity contribution in [3.8, 4) is 0 Å². The Balaban J connectivity index is 1.48. The molecular formula is C20H29ClN2O4S. The van der Waals surface area contributed by atoms with Gasteiger partial charge in [0.1, 0.15) is 0 Å². The Morgan fingerprint density at radius 2 is 1.96 bits per heavy atom. The van der Waals surface area contributed by atoms with Gasteiger partial charge in [0.05, 0.1) is 11.6 Å². The molecular weight excluding hydrogens is 400 g/mol. The summed E-state index contributed by atoms with van der Waals surface area (Å²) in [6, 6.07) is 6.17. The van der Waals surface area contributed by atoms with E-state index in [0.29, 0.717) is 32.1 Å². The van der Waals surface area contributed by atoms with Crippen LogP contribution in [0.1, 0.15) is 54.2 Å². The van der Waals surface area contributed by atoms with Gasteiger partial charge in [-0.15, -0.1) is 11.6 Å². The van der Waals surface area contributed by atoms with E-state index in [1.807, 2.05) is 12.1 Å². The molecule has 1 unspecified atom stereocenters. The summed E-state index contributed by atoms with van der Waals surface area (Å²) in [4.78, 5) is 12.5. The van der Waals surface area contributed by atoms with Gasteiger partial charge in [-0.3, -0.25) is 0 Å². The summed E-state index contributed by atoms with van der Waals surface area (Å²) in [5, 5.41) is 8.97. The molecule has 0 spiro atoms. The van der Waals surface area contributed by atoms with Gasteiger partial charge in [0.15, 0.2) is 0 Å². The van der Waals surface area contributed by atoms with Crippen LogP contribution < -0.4 is 0 Å². The van der Waals surface area contributed by atoms with Gasteiger partial charge in [-0.1, -0.05) is 31.0 Å². The molecule has 1 aromatic rings. The molecule has 0 aliphatic carbocycles. The quantitative estimate of drug-likeness (QED) is 0.698. The van der Waals surface area contributed by atoms with Crippen molar-refractivity contribution in [1.82, 2.24) is 9.21 Å². The molecule has 2 aliphatic rings. The molecule has 6 nitrogen and oxygen atoms in total.